The molecule has 0 radical (unpaired) electrons. The van der Waals surface area contributed by atoms with Crippen LogP contribution in [0.25, 0.3) is 0 Å². The monoisotopic (exact) mass is 585 g/mol. The number of carbonyl (C=O) groups is 2. The highest BCUT2D eigenvalue weighted by Crippen LogP contribution is 2.36. The summed E-state index contributed by atoms with van der Waals surface area (Å²) in [6, 6.07) is 17.1. The largest absolute Gasteiger partial charge is 0.497 e. The van der Waals surface area contributed by atoms with Crippen molar-refractivity contribution in [2.24, 2.45) is 5.92 Å². The standard InChI is InChI=1S/C30H36FN3O6S/c1-21(2)18-32-30(36)22(3)33(19-23-11-9-10-14-26(23)31)29(35)20-34(41(37,38)25-12-7-6-8-13-25)27-17-24(39-4)15-16-28(27)40-5/h6-17,21-22H,18-20H2,1-5H3,(H,32,36)/t22-/m1/s1. The Labute approximate surface area is 240 Å². The Kier molecular flexibility index (Phi) is 10.7. The molecule has 0 fully saturated rings. The first kappa shape index (κ1) is 31.4. The van der Waals surface area contributed by atoms with Crippen LogP contribution in [0.2, 0.25) is 0 Å². The van der Waals surface area contributed by atoms with Crippen LogP contribution in [0.1, 0.15) is 26.3 Å². The lowest BCUT2D eigenvalue weighted by molar-refractivity contribution is -0.139. The fraction of sp³-hybridized carbons (Fsp3) is 0.333. The molecule has 0 unspecified atom stereocenters. The van der Waals surface area contributed by atoms with E-state index in [-0.39, 0.29) is 34.4 Å². The van der Waals surface area contributed by atoms with Gasteiger partial charge in [-0.25, -0.2) is 12.8 Å². The van der Waals surface area contributed by atoms with Gasteiger partial charge in [0.25, 0.3) is 10.0 Å². The van der Waals surface area contributed by atoms with Gasteiger partial charge >= 0.3 is 0 Å². The molecule has 0 heterocycles. The van der Waals surface area contributed by atoms with Gasteiger partial charge in [0.1, 0.15) is 29.9 Å². The minimum absolute atomic E-state index is 0.0546. The predicted octanol–water partition coefficient (Wildman–Crippen LogP) is 4.23. The molecule has 3 aromatic rings. The van der Waals surface area contributed by atoms with Crippen LogP contribution >= 0.6 is 0 Å². The van der Waals surface area contributed by atoms with Crippen molar-refractivity contribution in [1.82, 2.24) is 10.2 Å². The van der Waals surface area contributed by atoms with Crippen molar-refractivity contribution in [3.05, 3.63) is 84.2 Å². The number of benzene rings is 3. The Hall–Kier alpha value is -4.12. The third-order valence-corrected chi connectivity index (χ3v) is 8.19. The van der Waals surface area contributed by atoms with Gasteiger partial charge < -0.3 is 19.7 Å². The molecule has 11 heteroatoms. The summed E-state index contributed by atoms with van der Waals surface area (Å²) in [4.78, 5) is 28.2. The average Bonchev–Trinajstić information content (AvgIpc) is 2.97. The number of rotatable bonds is 13. The maximum atomic E-state index is 14.7. The number of ether oxygens (including phenoxy) is 2. The number of anilines is 1. The lowest BCUT2D eigenvalue weighted by atomic mass is 10.1. The van der Waals surface area contributed by atoms with E-state index in [4.69, 9.17) is 9.47 Å². The van der Waals surface area contributed by atoms with Crippen LogP contribution in [0.15, 0.2) is 77.7 Å². The molecule has 3 aromatic carbocycles. The van der Waals surface area contributed by atoms with Gasteiger partial charge in [-0.1, -0.05) is 50.2 Å². The fourth-order valence-corrected chi connectivity index (χ4v) is 5.51. The van der Waals surface area contributed by atoms with Gasteiger partial charge in [-0.05, 0) is 43.2 Å². The molecule has 0 saturated carbocycles. The molecule has 0 bridgehead atoms. The van der Waals surface area contributed by atoms with Crippen LogP contribution < -0.4 is 19.1 Å². The average molecular weight is 586 g/mol. The highest BCUT2D eigenvalue weighted by molar-refractivity contribution is 7.92. The molecule has 0 spiro atoms. The molecule has 0 aliphatic rings. The van der Waals surface area contributed by atoms with Gasteiger partial charge in [-0.15, -0.1) is 0 Å². The zero-order chi connectivity index (χ0) is 30.2. The predicted molar refractivity (Wildman–Crippen MR) is 155 cm³/mol. The summed E-state index contributed by atoms with van der Waals surface area (Å²) in [5, 5.41) is 2.80. The number of carbonyl (C=O) groups excluding carboxylic acids is 2. The molecule has 0 saturated heterocycles. The van der Waals surface area contributed by atoms with Crippen molar-refractivity contribution in [1.29, 1.82) is 0 Å². The summed E-state index contributed by atoms with van der Waals surface area (Å²) in [7, 11) is -1.50. The second kappa shape index (κ2) is 14.0. The van der Waals surface area contributed by atoms with Gasteiger partial charge in [0.2, 0.25) is 11.8 Å². The summed E-state index contributed by atoms with van der Waals surface area (Å²) in [6.45, 7) is 4.81. The Bertz CT molecular complexity index is 1450. The Morgan fingerprint density at radius 1 is 0.927 bits per heavy atom. The number of halogens is 1. The molecule has 0 aliphatic carbocycles. The zero-order valence-corrected chi connectivity index (χ0v) is 24.7. The summed E-state index contributed by atoms with van der Waals surface area (Å²) >= 11 is 0. The van der Waals surface area contributed by atoms with Crippen LogP contribution in [0, 0.1) is 11.7 Å². The number of nitrogens with one attached hydrogen (secondary N) is 1. The topological polar surface area (TPSA) is 105 Å². The van der Waals surface area contributed by atoms with Crippen LogP contribution in [-0.2, 0) is 26.2 Å². The maximum absolute atomic E-state index is 14.7. The minimum atomic E-state index is -4.31. The molecule has 2 amide bonds. The number of hydrogen-bond donors (Lipinski definition) is 1. The molecular formula is C30H36FN3O6S. The quantitative estimate of drug-likeness (QED) is 0.322. The molecule has 220 valence electrons. The second-order valence-corrected chi connectivity index (χ2v) is 11.7. The maximum Gasteiger partial charge on any atom is 0.264 e. The van der Waals surface area contributed by atoms with E-state index in [1.165, 1.54) is 68.5 Å². The van der Waals surface area contributed by atoms with Crippen LogP contribution in [0.4, 0.5) is 10.1 Å². The highest BCUT2D eigenvalue weighted by Gasteiger charge is 2.34. The first-order valence-electron chi connectivity index (χ1n) is 13.1. The molecule has 1 N–H and O–H groups in total. The normalized spacial score (nSPS) is 12.0. The summed E-state index contributed by atoms with van der Waals surface area (Å²) in [5.41, 5.74) is 0.243. The van der Waals surface area contributed by atoms with Crippen molar-refractivity contribution in [3.63, 3.8) is 0 Å². The Morgan fingerprint density at radius 3 is 2.20 bits per heavy atom. The van der Waals surface area contributed by atoms with Crippen LogP contribution in [0.3, 0.4) is 0 Å². The lowest BCUT2D eigenvalue weighted by Crippen LogP contribution is -2.51. The van der Waals surface area contributed by atoms with E-state index in [2.05, 4.69) is 5.32 Å². The minimum Gasteiger partial charge on any atom is -0.497 e. The molecule has 41 heavy (non-hydrogen) atoms. The molecule has 0 aromatic heterocycles. The molecular weight excluding hydrogens is 549 g/mol. The summed E-state index contributed by atoms with van der Waals surface area (Å²) in [5.74, 6) is -1.03. The number of sulfonamides is 1. The zero-order valence-electron chi connectivity index (χ0n) is 23.8. The smallest absolute Gasteiger partial charge is 0.264 e. The summed E-state index contributed by atoms with van der Waals surface area (Å²) < 4.78 is 54.3. The molecule has 3 rings (SSSR count). The number of nitrogens with zero attached hydrogens (tertiary/aromatic N) is 2. The van der Waals surface area contributed by atoms with Crippen molar-refractivity contribution in [2.75, 3.05) is 31.6 Å². The van der Waals surface area contributed by atoms with Gasteiger partial charge in [-0.3, -0.25) is 13.9 Å². The van der Waals surface area contributed by atoms with E-state index < -0.39 is 40.2 Å². The van der Waals surface area contributed by atoms with Crippen molar-refractivity contribution < 1.29 is 31.9 Å². The Balaban J connectivity index is 2.10. The third-order valence-electron chi connectivity index (χ3n) is 6.42. The van der Waals surface area contributed by atoms with E-state index in [1.54, 1.807) is 30.3 Å². The van der Waals surface area contributed by atoms with Crippen molar-refractivity contribution in [3.8, 4) is 11.5 Å². The molecule has 9 nitrogen and oxygen atoms in total. The van der Waals surface area contributed by atoms with E-state index in [0.29, 0.717) is 12.3 Å². The van der Waals surface area contributed by atoms with Gasteiger partial charge in [0.05, 0.1) is 24.8 Å². The van der Waals surface area contributed by atoms with E-state index in [1.807, 2.05) is 13.8 Å². The van der Waals surface area contributed by atoms with E-state index >= 15 is 0 Å². The SMILES string of the molecule is COc1ccc(OC)c(N(CC(=O)N(Cc2ccccc2F)[C@H](C)C(=O)NCC(C)C)S(=O)(=O)c2ccccc2)c1. The first-order valence-corrected chi connectivity index (χ1v) is 14.5. The molecule has 1 atom stereocenters. The fourth-order valence-electron chi connectivity index (χ4n) is 4.07. The Morgan fingerprint density at radius 2 is 1.59 bits per heavy atom. The van der Waals surface area contributed by atoms with Gasteiger partial charge in [0.15, 0.2) is 0 Å². The van der Waals surface area contributed by atoms with E-state index in [9.17, 15) is 22.4 Å². The number of amides is 2. The van der Waals surface area contributed by atoms with Crippen molar-refractivity contribution in [2.45, 2.75) is 38.3 Å². The van der Waals surface area contributed by atoms with Gasteiger partial charge in [0, 0.05) is 24.7 Å². The number of hydrogen-bond acceptors (Lipinski definition) is 6. The first-order chi connectivity index (χ1) is 19.5. The van der Waals surface area contributed by atoms with Crippen LogP contribution in [-0.4, -0.2) is 58.5 Å². The lowest BCUT2D eigenvalue weighted by Gasteiger charge is -2.32. The third kappa shape index (κ3) is 7.75. The van der Waals surface area contributed by atoms with Gasteiger partial charge in [-0.2, -0.15) is 0 Å². The van der Waals surface area contributed by atoms with Crippen molar-refractivity contribution >= 4 is 27.5 Å². The second-order valence-electron chi connectivity index (χ2n) is 9.79. The highest BCUT2D eigenvalue weighted by atomic mass is 32.2. The number of methoxy groups -OCH3 is 2. The summed E-state index contributed by atoms with van der Waals surface area (Å²) in [6.07, 6.45) is 0. The molecule has 0 aliphatic heterocycles. The van der Waals surface area contributed by atoms with E-state index in [0.717, 1.165) is 4.31 Å². The van der Waals surface area contributed by atoms with Crippen LogP contribution in [0.5, 0.6) is 11.5 Å².